The average molecular weight is 612 g/mol. The van der Waals surface area contributed by atoms with Crippen molar-refractivity contribution in [2.24, 2.45) is 17.2 Å². The molecule has 3 rings (SSSR count). The molecule has 186 valence electrons. The molecule has 0 unspecified atom stereocenters. The number of rotatable bonds is 6. The Balaban J connectivity index is 0.000000445. The zero-order valence-electron chi connectivity index (χ0n) is 18.5. The number of nitrogens with one attached hydrogen (secondary N) is 3. The monoisotopic (exact) mass is 610 g/mol. The Hall–Kier alpha value is -2.44. The van der Waals surface area contributed by atoms with Crippen LogP contribution in [0.1, 0.15) is 16.7 Å². The van der Waals surface area contributed by atoms with E-state index in [-0.39, 0.29) is 17.5 Å². The zero-order valence-corrected chi connectivity index (χ0v) is 22.4. The first-order valence-electron chi connectivity index (χ1n) is 9.85. The van der Waals surface area contributed by atoms with E-state index in [0.717, 1.165) is 16.7 Å². The fourth-order valence-corrected chi connectivity index (χ4v) is 2.45. The SMILES string of the molecule is N=C(N)Cc1ccccc1.N=C(N)Cc1ccccc1.N=C(N)Cc1ccccc1.[Cl][Rh]([Cl])[Cl]. The molecular formula is C24H30Cl3N6Rh. The zero-order chi connectivity index (χ0) is 25.8. The van der Waals surface area contributed by atoms with Gasteiger partial charge in [-0.05, 0) is 16.7 Å². The molecule has 0 aliphatic carbocycles. The maximum absolute atomic E-state index is 7.01. The Bertz CT molecular complexity index is 833. The quantitative estimate of drug-likeness (QED) is 0.123. The van der Waals surface area contributed by atoms with Gasteiger partial charge < -0.3 is 17.2 Å². The summed E-state index contributed by atoms with van der Waals surface area (Å²) in [7, 11) is 14.8. The first-order chi connectivity index (χ1) is 16.1. The molecule has 0 saturated carbocycles. The van der Waals surface area contributed by atoms with E-state index in [0.29, 0.717) is 19.3 Å². The van der Waals surface area contributed by atoms with E-state index in [9.17, 15) is 0 Å². The van der Waals surface area contributed by atoms with Crippen LogP contribution in [0.2, 0.25) is 0 Å². The molecule has 0 radical (unpaired) electrons. The van der Waals surface area contributed by atoms with Crippen LogP contribution in [-0.4, -0.2) is 17.5 Å². The van der Waals surface area contributed by atoms with Crippen LogP contribution in [0.3, 0.4) is 0 Å². The van der Waals surface area contributed by atoms with Crippen LogP contribution in [0.4, 0.5) is 0 Å². The van der Waals surface area contributed by atoms with Gasteiger partial charge in [-0.15, -0.1) is 0 Å². The van der Waals surface area contributed by atoms with Gasteiger partial charge in [-0.2, -0.15) is 0 Å². The normalized spacial score (nSPS) is 9.44. The van der Waals surface area contributed by atoms with E-state index < -0.39 is 13.0 Å². The molecule has 0 bridgehead atoms. The Morgan fingerprint density at radius 2 is 0.676 bits per heavy atom. The Morgan fingerprint density at radius 3 is 0.824 bits per heavy atom. The van der Waals surface area contributed by atoms with Gasteiger partial charge in [-0.1, -0.05) is 91.0 Å². The number of nitrogens with two attached hydrogens (primary N) is 3. The summed E-state index contributed by atoms with van der Waals surface area (Å²) in [4.78, 5) is 0. The van der Waals surface area contributed by atoms with Crippen LogP contribution in [0.15, 0.2) is 91.0 Å². The van der Waals surface area contributed by atoms with Gasteiger partial charge in [-0.25, -0.2) is 0 Å². The third-order valence-electron chi connectivity index (χ3n) is 3.71. The molecule has 0 amide bonds. The van der Waals surface area contributed by atoms with Gasteiger partial charge in [0.15, 0.2) is 0 Å². The van der Waals surface area contributed by atoms with Crippen LogP contribution in [0, 0.1) is 16.2 Å². The molecule has 6 nitrogen and oxygen atoms in total. The summed E-state index contributed by atoms with van der Waals surface area (Å²) >= 11 is -1.66. The summed E-state index contributed by atoms with van der Waals surface area (Å²) in [5, 5.41) is 21.0. The number of halogens is 3. The van der Waals surface area contributed by atoms with E-state index >= 15 is 0 Å². The van der Waals surface area contributed by atoms with Crippen molar-refractivity contribution in [3.63, 3.8) is 0 Å². The predicted molar refractivity (Wildman–Crippen MR) is 144 cm³/mol. The molecule has 0 atom stereocenters. The van der Waals surface area contributed by atoms with Crippen molar-refractivity contribution in [1.82, 2.24) is 0 Å². The minimum atomic E-state index is -1.66. The van der Waals surface area contributed by atoms with Crippen molar-refractivity contribution < 1.29 is 13.0 Å². The summed E-state index contributed by atoms with van der Waals surface area (Å²) in [6.07, 6.45) is 1.67. The topological polar surface area (TPSA) is 150 Å². The van der Waals surface area contributed by atoms with Gasteiger partial charge in [0, 0.05) is 19.3 Å². The second-order valence-corrected chi connectivity index (χ2v) is 14.2. The van der Waals surface area contributed by atoms with Crippen LogP contribution in [0.5, 0.6) is 0 Å². The second-order valence-electron chi connectivity index (χ2n) is 6.71. The summed E-state index contributed by atoms with van der Waals surface area (Å²) in [5.41, 5.74) is 18.9. The second kappa shape index (κ2) is 20.0. The molecule has 0 spiro atoms. The van der Waals surface area contributed by atoms with E-state index in [1.165, 1.54) is 0 Å². The number of hydrogen-bond acceptors (Lipinski definition) is 3. The van der Waals surface area contributed by atoms with Crippen LogP contribution in [0.25, 0.3) is 0 Å². The number of amidine groups is 3. The van der Waals surface area contributed by atoms with Gasteiger partial charge in [-0.3, -0.25) is 16.2 Å². The number of hydrogen-bond donors (Lipinski definition) is 6. The molecule has 0 saturated heterocycles. The number of benzene rings is 3. The first-order valence-corrected chi connectivity index (χ1v) is 16.2. The molecular weight excluding hydrogens is 582 g/mol. The third-order valence-corrected chi connectivity index (χ3v) is 3.71. The van der Waals surface area contributed by atoms with Crippen molar-refractivity contribution in [2.45, 2.75) is 19.3 Å². The van der Waals surface area contributed by atoms with Crippen LogP contribution < -0.4 is 17.2 Å². The van der Waals surface area contributed by atoms with Gasteiger partial charge in [0.05, 0.1) is 17.5 Å². The predicted octanol–water partition coefficient (Wildman–Crippen LogP) is 5.56. The Kier molecular flexibility index (Phi) is 18.5. The molecule has 9 N–H and O–H groups in total. The van der Waals surface area contributed by atoms with Crippen molar-refractivity contribution >= 4 is 46.6 Å². The van der Waals surface area contributed by atoms with Crippen molar-refractivity contribution in [3.05, 3.63) is 108 Å². The van der Waals surface area contributed by atoms with E-state index in [2.05, 4.69) is 0 Å². The Morgan fingerprint density at radius 1 is 0.500 bits per heavy atom. The molecule has 3 aromatic carbocycles. The summed E-state index contributed by atoms with van der Waals surface area (Å²) in [6.45, 7) is 0. The van der Waals surface area contributed by atoms with Gasteiger partial charge in [0.1, 0.15) is 0 Å². The van der Waals surface area contributed by atoms with E-state index in [4.69, 9.17) is 62.5 Å². The molecule has 0 aromatic heterocycles. The molecule has 10 heteroatoms. The van der Waals surface area contributed by atoms with Gasteiger partial charge in [0.2, 0.25) is 0 Å². The van der Waals surface area contributed by atoms with Gasteiger partial charge in [0.25, 0.3) is 0 Å². The van der Waals surface area contributed by atoms with Crippen LogP contribution >= 0.6 is 29.1 Å². The molecule has 0 fully saturated rings. The van der Waals surface area contributed by atoms with Crippen molar-refractivity contribution in [1.29, 1.82) is 16.2 Å². The van der Waals surface area contributed by atoms with Crippen LogP contribution in [-0.2, 0) is 32.2 Å². The summed E-state index contributed by atoms with van der Waals surface area (Å²) in [6, 6.07) is 29.3. The molecule has 0 heterocycles. The van der Waals surface area contributed by atoms with Crippen molar-refractivity contribution in [2.75, 3.05) is 0 Å². The fraction of sp³-hybridized carbons (Fsp3) is 0.125. The Labute approximate surface area is 219 Å². The van der Waals surface area contributed by atoms with Gasteiger partial charge >= 0.3 is 42.1 Å². The first kappa shape index (κ1) is 31.6. The minimum absolute atomic E-state index is 0.214. The molecule has 3 aromatic rings. The maximum atomic E-state index is 7.01. The molecule has 34 heavy (non-hydrogen) atoms. The standard InChI is InChI=1S/3C8H10N2.3ClH.Rh/c3*9-8(10)6-7-4-2-1-3-5-7;;;;/h3*1-5H,6H2,(H3,9,10);3*1H;/q;;;;;;+3/p-3. The third kappa shape index (κ3) is 21.4. The van der Waals surface area contributed by atoms with E-state index in [1.54, 1.807) is 0 Å². The summed E-state index contributed by atoms with van der Waals surface area (Å²) in [5.74, 6) is 0.642. The molecule has 0 aliphatic rings. The van der Waals surface area contributed by atoms with Crippen molar-refractivity contribution in [3.8, 4) is 0 Å². The fourth-order valence-electron chi connectivity index (χ4n) is 2.45. The average Bonchev–Trinajstić information content (AvgIpc) is 2.75. The molecule has 0 aliphatic heterocycles. The van der Waals surface area contributed by atoms with E-state index in [1.807, 2.05) is 91.0 Å². The summed E-state index contributed by atoms with van der Waals surface area (Å²) < 4.78 is 0.